The average Bonchev–Trinajstić information content (AvgIpc) is 2.43. The summed E-state index contributed by atoms with van der Waals surface area (Å²) in [5.41, 5.74) is 2.36. The molecule has 0 heterocycles. The molecule has 0 aromatic heterocycles. The first-order valence-electron chi connectivity index (χ1n) is 5.68. The minimum Gasteiger partial charge on any atom is -0.507 e. The van der Waals surface area contributed by atoms with E-state index in [1.807, 2.05) is 0 Å². The molecule has 20 heavy (non-hydrogen) atoms. The van der Waals surface area contributed by atoms with Crippen LogP contribution in [-0.4, -0.2) is 22.3 Å². The quantitative estimate of drug-likeness (QED) is 0.591. The molecule has 0 aliphatic heterocycles. The van der Waals surface area contributed by atoms with Crippen molar-refractivity contribution in [3.8, 4) is 11.5 Å². The average molecular weight is 274 g/mol. The molecule has 3 N–H and O–H groups in total. The van der Waals surface area contributed by atoms with Gasteiger partial charge in [-0.15, -0.1) is 0 Å². The highest BCUT2D eigenvalue weighted by atomic mass is 19.1. The highest BCUT2D eigenvalue weighted by Gasteiger charge is 2.08. The summed E-state index contributed by atoms with van der Waals surface area (Å²) in [6, 6.07) is 9.34. The summed E-state index contributed by atoms with van der Waals surface area (Å²) < 4.78 is 13.0. The third kappa shape index (κ3) is 3.11. The van der Waals surface area contributed by atoms with Crippen LogP contribution >= 0.6 is 0 Å². The summed E-state index contributed by atoms with van der Waals surface area (Å²) >= 11 is 0. The Bertz CT molecular complexity index is 671. The van der Waals surface area contributed by atoms with E-state index in [2.05, 4.69) is 10.5 Å². The van der Waals surface area contributed by atoms with Gasteiger partial charge in [0.25, 0.3) is 5.91 Å². The van der Waals surface area contributed by atoms with Crippen LogP contribution in [-0.2, 0) is 0 Å². The maximum absolute atomic E-state index is 13.0. The van der Waals surface area contributed by atoms with Gasteiger partial charge in [0.05, 0.1) is 11.8 Å². The fourth-order valence-electron chi connectivity index (χ4n) is 1.52. The summed E-state index contributed by atoms with van der Waals surface area (Å²) in [6.07, 6.45) is 1.11. The normalized spacial score (nSPS) is 10.7. The molecule has 0 bridgehead atoms. The first kappa shape index (κ1) is 13.5. The lowest BCUT2D eigenvalue weighted by Gasteiger charge is -2.02. The van der Waals surface area contributed by atoms with Gasteiger partial charge < -0.3 is 10.2 Å². The van der Waals surface area contributed by atoms with Crippen LogP contribution in [0, 0.1) is 5.82 Å². The molecule has 2 aromatic rings. The van der Waals surface area contributed by atoms with E-state index in [0.29, 0.717) is 0 Å². The number of aromatic hydroxyl groups is 2. The van der Waals surface area contributed by atoms with E-state index >= 15 is 0 Å². The number of hydrogen-bond donors (Lipinski definition) is 3. The largest absolute Gasteiger partial charge is 0.507 e. The van der Waals surface area contributed by atoms with E-state index in [4.69, 9.17) is 0 Å². The lowest BCUT2D eigenvalue weighted by molar-refractivity contribution is 0.0952. The molecule has 0 spiro atoms. The fraction of sp³-hybridized carbons (Fsp3) is 0. The number of hydrogen-bond acceptors (Lipinski definition) is 4. The van der Waals surface area contributed by atoms with Crippen LogP contribution in [0.25, 0.3) is 0 Å². The molecule has 0 saturated carbocycles. The minimum atomic E-state index is -0.616. The van der Waals surface area contributed by atoms with E-state index in [1.165, 1.54) is 18.2 Å². The molecule has 2 rings (SSSR count). The second kappa shape index (κ2) is 5.83. The van der Waals surface area contributed by atoms with Gasteiger partial charge in [-0.3, -0.25) is 4.79 Å². The van der Waals surface area contributed by atoms with Crippen molar-refractivity contribution >= 4 is 12.1 Å². The summed E-state index contributed by atoms with van der Waals surface area (Å²) in [7, 11) is 0. The summed E-state index contributed by atoms with van der Waals surface area (Å²) in [4.78, 5) is 11.7. The Morgan fingerprint density at radius 3 is 2.65 bits per heavy atom. The number of carbonyl (C=O) groups excluding carboxylic acids is 1. The zero-order valence-electron chi connectivity index (χ0n) is 10.2. The molecule has 102 valence electrons. The third-order valence-electron chi connectivity index (χ3n) is 2.51. The molecule has 5 nitrogen and oxygen atoms in total. The van der Waals surface area contributed by atoms with E-state index in [-0.39, 0.29) is 22.6 Å². The fourth-order valence-corrected chi connectivity index (χ4v) is 1.52. The second-order valence-electron chi connectivity index (χ2n) is 3.92. The number of hydrazone groups is 1. The van der Waals surface area contributed by atoms with Crippen molar-refractivity contribution in [1.29, 1.82) is 0 Å². The highest BCUT2D eigenvalue weighted by Crippen LogP contribution is 2.16. The number of amides is 1. The lowest BCUT2D eigenvalue weighted by Crippen LogP contribution is -2.17. The van der Waals surface area contributed by atoms with Crippen molar-refractivity contribution in [2.24, 2.45) is 5.10 Å². The number of phenolic OH excluding ortho intramolecular Hbond substituents is 2. The highest BCUT2D eigenvalue weighted by molar-refractivity contribution is 5.97. The van der Waals surface area contributed by atoms with Gasteiger partial charge in [-0.1, -0.05) is 12.1 Å². The predicted molar refractivity (Wildman–Crippen MR) is 71.2 cm³/mol. The number of para-hydroxylation sites is 1. The summed E-state index contributed by atoms with van der Waals surface area (Å²) in [5, 5.41) is 22.5. The number of halogens is 1. The van der Waals surface area contributed by atoms with Gasteiger partial charge in [0.15, 0.2) is 0 Å². The minimum absolute atomic E-state index is 0.0631. The Labute approximate surface area is 114 Å². The maximum atomic E-state index is 13.0. The van der Waals surface area contributed by atoms with Gasteiger partial charge in [0.2, 0.25) is 0 Å². The van der Waals surface area contributed by atoms with Gasteiger partial charge in [-0.25, -0.2) is 9.82 Å². The molecule has 0 aliphatic rings. The number of rotatable bonds is 3. The summed E-state index contributed by atoms with van der Waals surface area (Å²) in [6.45, 7) is 0. The van der Waals surface area contributed by atoms with Crippen molar-refractivity contribution in [2.45, 2.75) is 0 Å². The van der Waals surface area contributed by atoms with Crippen molar-refractivity contribution in [3.63, 3.8) is 0 Å². The Balaban J connectivity index is 2.09. The first-order chi connectivity index (χ1) is 9.58. The van der Waals surface area contributed by atoms with Crippen LogP contribution in [0.2, 0.25) is 0 Å². The number of phenols is 2. The molecule has 6 heteroatoms. The van der Waals surface area contributed by atoms with E-state index in [1.54, 1.807) is 12.1 Å². The molecule has 0 aliphatic carbocycles. The standard InChI is InChI=1S/C14H11FN2O3/c15-10-5-6-12(18)9(7-10)8-16-17-14(20)11-3-1-2-4-13(11)19/h1-8,18-19H,(H,17,20)/b16-8+. The zero-order chi connectivity index (χ0) is 14.5. The zero-order valence-corrected chi connectivity index (χ0v) is 10.2. The Morgan fingerprint density at radius 1 is 1.15 bits per heavy atom. The molecular weight excluding hydrogens is 263 g/mol. The Morgan fingerprint density at radius 2 is 1.90 bits per heavy atom. The summed E-state index contributed by atoms with van der Waals surface area (Å²) in [5.74, 6) is -1.48. The van der Waals surface area contributed by atoms with Crippen LogP contribution < -0.4 is 5.43 Å². The predicted octanol–water partition coefficient (Wildman–Crippen LogP) is 2.00. The van der Waals surface area contributed by atoms with E-state index < -0.39 is 11.7 Å². The Hall–Kier alpha value is -2.89. The van der Waals surface area contributed by atoms with Crippen LogP contribution in [0.1, 0.15) is 15.9 Å². The number of carbonyl (C=O) groups is 1. The Kier molecular flexibility index (Phi) is 3.95. The number of benzene rings is 2. The van der Waals surface area contributed by atoms with Crippen LogP contribution in [0.15, 0.2) is 47.6 Å². The SMILES string of the molecule is O=C(N/N=C/c1cc(F)ccc1O)c1ccccc1O. The van der Waals surface area contributed by atoms with Crippen molar-refractivity contribution in [3.05, 3.63) is 59.4 Å². The lowest BCUT2D eigenvalue weighted by atomic mass is 10.2. The molecule has 0 radical (unpaired) electrons. The molecule has 0 fully saturated rings. The van der Waals surface area contributed by atoms with Crippen LogP contribution in [0.5, 0.6) is 11.5 Å². The van der Waals surface area contributed by atoms with Gasteiger partial charge >= 0.3 is 0 Å². The maximum Gasteiger partial charge on any atom is 0.275 e. The monoisotopic (exact) mass is 274 g/mol. The second-order valence-corrected chi connectivity index (χ2v) is 3.92. The van der Waals surface area contributed by atoms with Crippen molar-refractivity contribution < 1.29 is 19.4 Å². The molecular formula is C14H11FN2O3. The molecule has 2 aromatic carbocycles. The number of nitrogens with zero attached hydrogens (tertiary/aromatic N) is 1. The van der Waals surface area contributed by atoms with Crippen LogP contribution in [0.4, 0.5) is 4.39 Å². The van der Waals surface area contributed by atoms with Crippen LogP contribution in [0.3, 0.4) is 0 Å². The third-order valence-corrected chi connectivity index (χ3v) is 2.51. The van der Waals surface area contributed by atoms with Gasteiger partial charge in [-0.05, 0) is 30.3 Å². The van der Waals surface area contributed by atoms with Crippen molar-refractivity contribution in [2.75, 3.05) is 0 Å². The van der Waals surface area contributed by atoms with Gasteiger partial charge in [0, 0.05) is 5.56 Å². The smallest absolute Gasteiger partial charge is 0.275 e. The van der Waals surface area contributed by atoms with E-state index in [0.717, 1.165) is 18.3 Å². The first-order valence-corrected chi connectivity index (χ1v) is 5.68. The molecule has 0 saturated heterocycles. The van der Waals surface area contributed by atoms with Gasteiger partial charge in [-0.2, -0.15) is 5.10 Å². The van der Waals surface area contributed by atoms with Crippen molar-refractivity contribution in [1.82, 2.24) is 5.43 Å². The topological polar surface area (TPSA) is 81.9 Å². The molecule has 0 atom stereocenters. The molecule has 0 unspecified atom stereocenters. The number of nitrogens with one attached hydrogen (secondary N) is 1. The van der Waals surface area contributed by atoms with Gasteiger partial charge in [0.1, 0.15) is 17.3 Å². The molecule has 1 amide bonds. The van der Waals surface area contributed by atoms with E-state index in [9.17, 15) is 19.4 Å².